The molecule has 0 bridgehead atoms. The lowest BCUT2D eigenvalue weighted by Crippen LogP contribution is -2.11. The summed E-state index contributed by atoms with van der Waals surface area (Å²) in [5, 5.41) is 6.10. The van der Waals surface area contributed by atoms with E-state index in [0.717, 1.165) is 16.9 Å². The van der Waals surface area contributed by atoms with Gasteiger partial charge >= 0.3 is 0 Å². The van der Waals surface area contributed by atoms with E-state index in [0.29, 0.717) is 13.0 Å². The quantitative estimate of drug-likeness (QED) is 0.632. The summed E-state index contributed by atoms with van der Waals surface area (Å²) in [7, 11) is 0. The summed E-state index contributed by atoms with van der Waals surface area (Å²) < 4.78 is 0. The molecule has 3 heteroatoms. The fraction of sp³-hybridized carbons (Fsp3) is 0.300. The van der Waals surface area contributed by atoms with Gasteiger partial charge in [0.2, 0.25) is 5.91 Å². The van der Waals surface area contributed by atoms with Crippen molar-refractivity contribution >= 4 is 17.3 Å². The molecule has 0 saturated heterocycles. The summed E-state index contributed by atoms with van der Waals surface area (Å²) >= 11 is 0. The van der Waals surface area contributed by atoms with E-state index in [9.17, 15) is 4.79 Å². The lowest BCUT2D eigenvalue weighted by atomic mass is 10.1. The third-order valence-electron chi connectivity index (χ3n) is 2.20. The van der Waals surface area contributed by atoms with Gasteiger partial charge in [0.15, 0.2) is 0 Å². The average molecular weight is 176 g/mol. The molecule has 3 nitrogen and oxygen atoms in total. The van der Waals surface area contributed by atoms with Crippen molar-refractivity contribution in [2.75, 3.05) is 17.2 Å². The van der Waals surface area contributed by atoms with Crippen LogP contribution < -0.4 is 10.6 Å². The minimum Gasteiger partial charge on any atom is -0.383 e. The van der Waals surface area contributed by atoms with Gasteiger partial charge in [-0.05, 0) is 18.6 Å². The van der Waals surface area contributed by atoms with E-state index < -0.39 is 0 Å². The number of nitrogens with one attached hydrogen (secondary N) is 2. The van der Waals surface area contributed by atoms with E-state index >= 15 is 0 Å². The summed E-state index contributed by atoms with van der Waals surface area (Å²) in [5.74, 6) is 0.0838. The second kappa shape index (κ2) is 3.09. The Hall–Kier alpha value is -1.51. The number of hydrogen-bond acceptors (Lipinski definition) is 2. The molecular formula is C10H12N2O. The van der Waals surface area contributed by atoms with Crippen molar-refractivity contribution in [3.05, 3.63) is 23.8 Å². The Balaban J connectivity index is 2.46. The zero-order valence-corrected chi connectivity index (χ0v) is 7.55. The van der Waals surface area contributed by atoms with Crippen molar-refractivity contribution < 1.29 is 4.79 Å². The Labute approximate surface area is 77.1 Å². The van der Waals surface area contributed by atoms with Crippen LogP contribution in [0, 0.1) is 6.92 Å². The Bertz CT molecular complexity index is 347. The van der Waals surface area contributed by atoms with E-state index in [-0.39, 0.29) is 5.91 Å². The van der Waals surface area contributed by atoms with E-state index in [4.69, 9.17) is 0 Å². The Morgan fingerprint density at radius 1 is 1.38 bits per heavy atom. The highest BCUT2D eigenvalue weighted by atomic mass is 16.1. The molecule has 1 heterocycles. The largest absolute Gasteiger partial charge is 0.383 e. The van der Waals surface area contributed by atoms with Crippen LogP contribution in [0.4, 0.5) is 11.4 Å². The van der Waals surface area contributed by atoms with Crippen LogP contribution in [0.15, 0.2) is 18.2 Å². The number of benzene rings is 1. The number of rotatable bonds is 0. The van der Waals surface area contributed by atoms with Gasteiger partial charge in [0.1, 0.15) is 0 Å². The molecule has 0 unspecified atom stereocenters. The maximum absolute atomic E-state index is 11.2. The van der Waals surface area contributed by atoms with Gasteiger partial charge < -0.3 is 10.6 Å². The second-order valence-electron chi connectivity index (χ2n) is 3.22. The number of anilines is 2. The Morgan fingerprint density at radius 2 is 2.23 bits per heavy atom. The third-order valence-corrected chi connectivity index (χ3v) is 2.20. The van der Waals surface area contributed by atoms with Crippen LogP contribution in [-0.4, -0.2) is 12.5 Å². The molecule has 1 aliphatic heterocycles. The van der Waals surface area contributed by atoms with Crippen molar-refractivity contribution in [2.45, 2.75) is 13.3 Å². The number of para-hydroxylation sites is 1. The van der Waals surface area contributed by atoms with Crippen LogP contribution in [-0.2, 0) is 4.79 Å². The highest BCUT2D eigenvalue weighted by molar-refractivity contribution is 5.96. The lowest BCUT2D eigenvalue weighted by Gasteiger charge is -2.09. The van der Waals surface area contributed by atoms with Gasteiger partial charge in [-0.2, -0.15) is 0 Å². The minimum atomic E-state index is 0.0838. The molecule has 1 aromatic carbocycles. The molecule has 0 spiro atoms. The summed E-state index contributed by atoms with van der Waals surface area (Å²) in [4.78, 5) is 11.2. The van der Waals surface area contributed by atoms with Crippen molar-refractivity contribution in [3.8, 4) is 0 Å². The number of carbonyl (C=O) groups excluding carboxylic acids is 1. The number of aryl methyl sites for hydroxylation is 1. The molecule has 13 heavy (non-hydrogen) atoms. The van der Waals surface area contributed by atoms with Crippen molar-refractivity contribution in [1.29, 1.82) is 0 Å². The molecule has 0 aromatic heterocycles. The zero-order valence-electron chi connectivity index (χ0n) is 7.55. The Morgan fingerprint density at radius 3 is 3.08 bits per heavy atom. The van der Waals surface area contributed by atoms with Gasteiger partial charge in [0.05, 0.1) is 11.4 Å². The molecule has 2 rings (SSSR count). The van der Waals surface area contributed by atoms with Crippen LogP contribution in [0.25, 0.3) is 0 Å². The van der Waals surface area contributed by atoms with Crippen LogP contribution in [0.2, 0.25) is 0 Å². The number of amides is 1. The first-order valence-electron chi connectivity index (χ1n) is 4.41. The first kappa shape index (κ1) is 8.10. The summed E-state index contributed by atoms with van der Waals surface area (Å²) in [6.07, 6.45) is 0.536. The zero-order chi connectivity index (χ0) is 9.26. The SMILES string of the molecule is Cc1cccc2c1NC(=O)CCN2. The first-order chi connectivity index (χ1) is 6.27. The molecule has 0 saturated carbocycles. The summed E-state index contributed by atoms with van der Waals surface area (Å²) in [5.41, 5.74) is 3.04. The van der Waals surface area contributed by atoms with Gasteiger partial charge in [-0.3, -0.25) is 4.79 Å². The number of carbonyl (C=O) groups is 1. The van der Waals surface area contributed by atoms with E-state index in [1.807, 2.05) is 25.1 Å². The van der Waals surface area contributed by atoms with Gasteiger partial charge in [0.25, 0.3) is 0 Å². The number of hydrogen-bond donors (Lipinski definition) is 2. The summed E-state index contributed by atoms with van der Waals surface area (Å²) in [6.45, 7) is 2.70. The maximum atomic E-state index is 11.2. The van der Waals surface area contributed by atoms with Crippen molar-refractivity contribution in [2.24, 2.45) is 0 Å². The standard InChI is InChI=1S/C10H12N2O/c1-7-3-2-4-8-10(7)12-9(13)5-6-11-8/h2-4,11H,5-6H2,1H3,(H,12,13). The van der Waals surface area contributed by atoms with Crippen LogP contribution in [0.5, 0.6) is 0 Å². The molecule has 0 radical (unpaired) electrons. The second-order valence-corrected chi connectivity index (χ2v) is 3.22. The van der Waals surface area contributed by atoms with Crippen molar-refractivity contribution in [3.63, 3.8) is 0 Å². The van der Waals surface area contributed by atoms with Crippen LogP contribution >= 0.6 is 0 Å². The molecule has 0 fully saturated rings. The van der Waals surface area contributed by atoms with Crippen LogP contribution in [0.3, 0.4) is 0 Å². The van der Waals surface area contributed by atoms with Gasteiger partial charge in [-0.1, -0.05) is 12.1 Å². The normalized spacial score (nSPS) is 15.3. The summed E-state index contributed by atoms with van der Waals surface area (Å²) in [6, 6.07) is 5.96. The fourth-order valence-electron chi connectivity index (χ4n) is 1.49. The van der Waals surface area contributed by atoms with Gasteiger partial charge in [-0.25, -0.2) is 0 Å². The first-order valence-corrected chi connectivity index (χ1v) is 4.41. The highest BCUT2D eigenvalue weighted by Crippen LogP contribution is 2.27. The molecule has 1 aliphatic rings. The van der Waals surface area contributed by atoms with Gasteiger partial charge in [0, 0.05) is 13.0 Å². The maximum Gasteiger partial charge on any atom is 0.226 e. The predicted octanol–water partition coefficient (Wildman–Crippen LogP) is 1.75. The topological polar surface area (TPSA) is 41.1 Å². The minimum absolute atomic E-state index is 0.0838. The molecular weight excluding hydrogens is 164 g/mol. The molecule has 68 valence electrons. The molecule has 1 aromatic rings. The van der Waals surface area contributed by atoms with Gasteiger partial charge in [-0.15, -0.1) is 0 Å². The third kappa shape index (κ3) is 1.49. The Kier molecular flexibility index (Phi) is 1.93. The predicted molar refractivity (Wildman–Crippen MR) is 52.9 cm³/mol. The highest BCUT2D eigenvalue weighted by Gasteiger charge is 2.12. The van der Waals surface area contributed by atoms with Crippen LogP contribution in [0.1, 0.15) is 12.0 Å². The van der Waals surface area contributed by atoms with E-state index in [1.165, 1.54) is 0 Å². The monoisotopic (exact) mass is 176 g/mol. The smallest absolute Gasteiger partial charge is 0.226 e. The molecule has 0 atom stereocenters. The number of fused-ring (bicyclic) bond motifs is 1. The molecule has 0 aliphatic carbocycles. The lowest BCUT2D eigenvalue weighted by molar-refractivity contribution is -0.115. The van der Waals surface area contributed by atoms with Crippen molar-refractivity contribution in [1.82, 2.24) is 0 Å². The molecule has 2 N–H and O–H groups in total. The average Bonchev–Trinajstić information content (AvgIpc) is 2.28. The fourth-order valence-corrected chi connectivity index (χ4v) is 1.49. The molecule has 1 amide bonds. The van der Waals surface area contributed by atoms with E-state index in [1.54, 1.807) is 0 Å². The van der Waals surface area contributed by atoms with E-state index in [2.05, 4.69) is 10.6 Å².